The summed E-state index contributed by atoms with van der Waals surface area (Å²) >= 11 is 0. The van der Waals surface area contributed by atoms with E-state index >= 15 is 0 Å². The van der Waals surface area contributed by atoms with Crippen LogP contribution in [0.25, 0.3) is 0 Å². The van der Waals surface area contributed by atoms with Crippen molar-refractivity contribution >= 4 is 17.2 Å². The summed E-state index contributed by atoms with van der Waals surface area (Å²) in [5.74, 6) is 1.42. The van der Waals surface area contributed by atoms with Crippen molar-refractivity contribution in [3.8, 4) is 11.8 Å². The Labute approximate surface area is 223 Å². The molecule has 39 heavy (non-hydrogen) atoms. The molecule has 0 saturated carbocycles. The first kappa shape index (κ1) is 26.0. The van der Waals surface area contributed by atoms with E-state index < -0.39 is 11.7 Å². The second-order valence-electron chi connectivity index (χ2n) is 9.17. The van der Waals surface area contributed by atoms with E-state index in [1.54, 1.807) is 18.3 Å². The monoisotopic (exact) mass is 533 g/mol. The maximum atomic E-state index is 13.5. The van der Waals surface area contributed by atoms with Gasteiger partial charge in [0, 0.05) is 61.8 Å². The van der Waals surface area contributed by atoms with Crippen LogP contribution in [0.4, 0.5) is 30.4 Å². The van der Waals surface area contributed by atoms with Crippen LogP contribution in [0, 0.1) is 11.3 Å². The molecule has 3 heterocycles. The highest BCUT2D eigenvalue weighted by molar-refractivity contribution is 5.62. The summed E-state index contributed by atoms with van der Waals surface area (Å²) in [6.45, 7) is 1.52. The predicted molar refractivity (Wildman–Crippen MR) is 140 cm³/mol. The molecule has 1 aliphatic heterocycles. The lowest BCUT2D eigenvalue weighted by Gasteiger charge is -2.24. The van der Waals surface area contributed by atoms with Gasteiger partial charge >= 0.3 is 6.18 Å². The third-order valence-electron chi connectivity index (χ3n) is 6.75. The largest absolute Gasteiger partial charge is 0.493 e. The van der Waals surface area contributed by atoms with E-state index in [-0.39, 0.29) is 5.56 Å². The summed E-state index contributed by atoms with van der Waals surface area (Å²) in [6, 6.07) is 15.0. The molecule has 1 aliphatic rings. The third kappa shape index (κ3) is 5.95. The Balaban J connectivity index is 1.25. The quantitative estimate of drug-likeness (QED) is 0.355. The molecule has 1 N–H and O–H groups in total. The second-order valence-corrected chi connectivity index (χ2v) is 9.17. The van der Waals surface area contributed by atoms with Crippen LogP contribution in [0.15, 0.2) is 61.1 Å². The fourth-order valence-corrected chi connectivity index (χ4v) is 4.64. The average molecular weight is 534 g/mol. The van der Waals surface area contributed by atoms with Crippen LogP contribution in [0.5, 0.6) is 5.75 Å². The minimum absolute atomic E-state index is 0.383. The number of aromatic nitrogens is 4. The summed E-state index contributed by atoms with van der Waals surface area (Å²) in [4.78, 5) is 10.8. The van der Waals surface area contributed by atoms with Crippen molar-refractivity contribution in [3.63, 3.8) is 0 Å². The lowest BCUT2D eigenvalue weighted by atomic mass is 10.1. The molecule has 0 amide bonds. The van der Waals surface area contributed by atoms with Crippen LogP contribution >= 0.6 is 0 Å². The van der Waals surface area contributed by atoms with Crippen molar-refractivity contribution in [1.82, 2.24) is 19.7 Å². The van der Waals surface area contributed by atoms with E-state index in [4.69, 9.17) is 10.00 Å². The van der Waals surface area contributed by atoms with Crippen molar-refractivity contribution in [2.24, 2.45) is 7.05 Å². The Hall–Kier alpha value is -4.59. The van der Waals surface area contributed by atoms with E-state index in [9.17, 15) is 13.2 Å². The SMILES string of the molecule is Cn1nccc1CCOc1ccc(Nc2ncnc3c2CCN(c2ccc(C#N)c(C(F)(F)F)c2)CC3)cc1. The molecular formula is C28H26F3N7O. The summed E-state index contributed by atoms with van der Waals surface area (Å²) in [7, 11) is 1.90. The van der Waals surface area contributed by atoms with E-state index in [1.807, 2.05) is 47.0 Å². The Kier molecular flexibility index (Phi) is 7.36. The standard InChI is InChI=1S/C28H26F3N7O/c1-37-21(8-12-35-37)11-15-39-23-6-3-20(4-7-23)36-27-24-9-13-38(14-10-26(24)33-18-34-27)22-5-2-19(17-32)25(16-22)28(29,30)31/h2-8,12,16,18H,9-11,13-15H2,1H3,(H,33,34,36). The number of fused-ring (bicyclic) bond motifs is 1. The lowest BCUT2D eigenvalue weighted by molar-refractivity contribution is -0.137. The van der Waals surface area contributed by atoms with E-state index in [0.29, 0.717) is 44.0 Å². The molecule has 0 spiro atoms. The molecule has 2 aromatic carbocycles. The number of rotatable bonds is 7. The minimum Gasteiger partial charge on any atom is -0.493 e. The highest BCUT2D eigenvalue weighted by Crippen LogP contribution is 2.35. The van der Waals surface area contributed by atoms with Gasteiger partial charge in [0.2, 0.25) is 0 Å². The predicted octanol–water partition coefficient (Wildman–Crippen LogP) is 5.07. The number of benzene rings is 2. The molecule has 200 valence electrons. The number of halogens is 3. The Morgan fingerprint density at radius 3 is 2.56 bits per heavy atom. The topological polar surface area (TPSA) is 91.9 Å². The molecule has 11 heteroatoms. The number of ether oxygens (including phenoxy) is 1. The first-order valence-corrected chi connectivity index (χ1v) is 12.5. The molecule has 2 aromatic heterocycles. The van der Waals surface area contributed by atoms with Crippen LogP contribution in [-0.2, 0) is 32.5 Å². The Bertz CT molecular complexity index is 1490. The molecule has 0 unspecified atom stereocenters. The molecule has 0 saturated heterocycles. The average Bonchev–Trinajstić information content (AvgIpc) is 3.20. The number of alkyl halides is 3. The first-order chi connectivity index (χ1) is 18.8. The van der Waals surface area contributed by atoms with Crippen LogP contribution in [0.3, 0.4) is 0 Å². The molecule has 0 fully saturated rings. The van der Waals surface area contributed by atoms with Gasteiger partial charge in [-0.15, -0.1) is 0 Å². The highest BCUT2D eigenvalue weighted by atomic mass is 19.4. The molecule has 4 aromatic rings. The van der Waals surface area contributed by atoms with Crippen LogP contribution in [-0.4, -0.2) is 39.4 Å². The molecular weight excluding hydrogens is 507 g/mol. The number of nitrogens with zero attached hydrogens (tertiary/aromatic N) is 6. The smallest absolute Gasteiger partial charge is 0.417 e. The van der Waals surface area contributed by atoms with Gasteiger partial charge in [-0.1, -0.05) is 0 Å². The van der Waals surface area contributed by atoms with Crippen LogP contribution in [0.1, 0.15) is 28.1 Å². The second kappa shape index (κ2) is 11.0. The molecule has 0 bridgehead atoms. The number of nitriles is 1. The molecule has 0 atom stereocenters. The van der Waals surface area contributed by atoms with Gasteiger partial charge in [-0.05, 0) is 55.0 Å². The van der Waals surface area contributed by atoms with Gasteiger partial charge in [0.15, 0.2) is 0 Å². The summed E-state index contributed by atoms with van der Waals surface area (Å²) < 4.78 is 48.1. The summed E-state index contributed by atoms with van der Waals surface area (Å²) in [6.07, 6.45) is 0.513. The Morgan fingerprint density at radius 2 is 1.85 bits per heavy atom. The highest BCUT2D eigenvalue weighted by Gasteiger charge is 2.34. The maximum Gasteiger partial charge on any atom is 0.417 e. The van der Waals surface area contributed by atoms with Gasteiger partial charge in [0.1, 0.15) is 17.9 Å². The van der Waals surface area contributed by atoms with E-state index in [1.165, 1.54) is 12.4 Å². The zero-order chi connectivity index (χ0) is 27.4. The van der Waals surface area contributed by atoms with Gasteiger partial charge in [-0.2, -0.15) is 23.5 Å². The van der Waals surface area contributed by atoms with Gasteiger partial charge in [0.25, 0.3) is 0 Å². The fraction of sp³-hybridized carbons (Fsp3) is 0.286. The van der Waals surface area contributed by atoms with Crippen LogP contribution < -0.4 is 15.0 Å². The van der Waals surface area contributed by atoms with Gasteiger partial charge in [-0.25, -0.2) is 9.97 Å². The maximum absolute atomic E-state index is 13.5. The number of hydrogen-bond donors (Lipinski definition) is 1. The van der Waals surface area contributed by atoms with Crippen LogP contribution in [0.2, 0.25) is 0 Å². The molecule has 8 nitrogen and oxygen atoms in total. The minimum atomic E-state index is -4.60. The number of aryl methyl sites for hydroxylation is 1. The van der Waals surface area contributed by atoms with Crippen molar-refractivity contribution in [1.29, 1.82) is 5.26 Å². The van der Waals surface area contributed by atoms with E-state index in [2.05, 4.69) is 20.4 Å². The van der Waals surface area contributed by atoms with E-state index in [0.717, 1.165) is 40.9 Å². The van der Waals surface area contributed by atoms with Crippen molar-refractivity contribution in [2.75, 3.05) is 29.9 Å². The number of nitrogens with one attached hydrogen (secondary N) is 1. The summed E-state index contributed by atoms with van der Waals surface area (Å²) in [5.41, 5.74) is 2.84. The fourth-order valence-electron chi connectivity index (χ4n) is 4.64. The molecule has 0 radical (unpaired) electrons. The third-order valence-corrected chi connectivity index (χ3v) is 6.75. The lowest BCUT2D eigenvalue weighted by Crippen LogP contribution is -2.26. The van der Waals surface area contributed by atoms with Crippen molar-refractivity contribution in [3.05, 3.63) is 89.1 Å². The molecule has 0 aliphatic carbocycles. The van der Waals surface area contributed by atoms with Gasteiger partial charge < -0.3 is 15.0 Å². The van der Waals surface area contributed by atoms with Gasteiger partial charge in [0.05, 0.1) is 29.5 Å². The number of anilines is 3. The van der Waals surface area contributed by atoms with Gasteiger partial charge in [-0.3, -0.25) is 4.68 Å². The zero-order valence-corrected chi connectivity index (χ0v) is 21.2. The Morgan fingerprint density at radius 1 is 1.05 bits per heavy atom. The normalized spacial score (nSPS) is 13.4. The van der Waals surface area contributed by atoms with Crippen molar-refractivity contribution in [2.45, 2.75) is 25.4 Å². The zero-order valence-electron chi connectivity index (χ0n) is 21.2. The summed E-state index contributed by atoms with van der Waals surface area (Å²) in [5, 5.41) is 16.6. The molecule has 5 rings (SSSR count). The first-order valence-electron chi connectivity index (χ1n) is 12.5. The van der Waals surface area contributed by atoms with Crippen molar-refractivity contribution < 1.29 is 17.9 Å². The number of hydrogen-bond acceptors (Lipinski definition) is 7.